The number of aromatic nitrogens is 1. The van der Waals surface area contributed by atoms with Gasteiger partial charge in [-0.15, -0.1) is 0 Å². The van der Waals surface area contributed by atoms with Gasteiger partial charge >= 0.3 is 0 Å². The average molecular weight is 456 g/mol. The standard InChI is InChI=1S/C27H25N3O4/c1-33-22-14-12-21(13-15-22)25-17-24(30-34-25)27(32)29-23(16-19-8-4-2-5-9-19)26(31)28-18-20-10-6-3-7-11-20/h2-15,17,23H,16,18H2,1H3,(H,28,31)(H,29,32)/t23-/m0/s1. The third kappa shape index (κ3) is 5.89. The molecule has 1 atom stereocenters. The highest BCUT2D eigenvalue weighted by Gasteiger charge is 2.24. The smallest absolute Gasteiger partial charge is 0.274 e. The van der Waals surface area contributed by atoms with Gasteiger partial charge in [0.05, 0.1) is 7.11 Å². The van der Waals surface area contributed by atoms with Crippen molar-refractivity contribution in [3.63, 3.8) is 0 Å². The van der Waals surface area contributed by atoms with Crippen LogP contribution in [0, 0.1) is 0 Å². The van der Waals surface area contributed by atoms with Crippen LogP contribution in [0.1, 0.15) is 21.6 Å². The Bertz CT molecular complexity index is 1220. The second-order valence-electron chi connectivity index (χ2n) is 7.72. The van der Waals surface area contributed by atoms with E-state index in [9.17, 15) is 9.59 Å². The number of amides is 2. The van der Waals surface area contributed by atoms with E-state index in [2.05, 4.69) is 15.8 Å². The number of rotatable bonds is 9. The molecule has 0 bridgehead atoms. The molecule has 1 aromatic heterocycles. The summed E-state index contributed by atoms with van der Waals surface area (Å²) in [6.07, 6.45) is 0.344. The van der Waals surface area contributed by atoms with Crippen LogP contribution in [-0.4, -0.2) is 30.1 Å². The quantitative estimate of drug-likeness (QED) is 0.398. The summed E-state index contributed by atoms with van der Waals surface area (Å²) in [7, 11) is 1.59. The van der Waals surface area contributed by atoms with Crippen molar-refractivity contribution in [3.8, 4) is 17.1 Å². The minimum absolute atomic E-state index is 0.0970. The SMILES string of the molecule is COc1ccc(-c2cc(C(=O)N[C@@H](Cc3ccccc3)C(=O)NCc3ccccc3)no2)cc1. The molecule has 3 aromatic carbocycles. The molecule has 4 aromatic rings. The molecule has 0 aliphatic rings. The maximum Gasteiger partial charge on any atom is 0.274 e. The van der Waals surface area contributed by atoms with Crippen molar-refractivity contribution in [2.75, 3.05) is 7.11 Å². The third-order valence-corrected chi connectivity index (χ3v) is 5.33. The van der Waals surface area contributed by atoms with Crippen LogP contribution in [0.2, 0.25) is 0 Å². The lowest BCUT2D eigenvalue weighted by Gasteiger charge is -2.18. The molecule has 1 heterocycles. The molecule has 0 saturated heterocycles. The third-order valence-electron chi connectivity index (χ3n) is 5.33. The van der Waals surface area contributed by atoms with Crippen LogP contribution < -0.4 is 15.4 Å². The van der Waals surface area contributed by atoms with Gasteiger partial charge in [-0.1, -0.05) is 65.8 Å². The summed E-state index contributed by atoms with van der Waals surface area (Å²) in [4.78, 5) is 25.9. The molecule has 34 heavy (non-hydrogen) atoms. The Morgan fingerprint density at radius 1 is 0.912 bits per heavy atom. The van der Waals surface area contributed by atoms with Crippen LogP contribution in [-0.2, 0) is 17.8 Å². The van der Waals surface area contributed by atoms with Crippen molar-refractivity contribution >= 4 is 11.8 Å². The number of methoxy groups -OCH3 is 1. The molecular formula is C27H25N3O4. The molecule has 0 saturated carbocycles. The lowest BCUT2D eigenvalue weighted by Crippen LogP contribution is -2.47. The van der Waals surface area contributed by atoms with Crippen LogP contribution in [0.15, 0.2) is 95.5 Å². The highest BCUT2D eigenvalue weighted by atomic mass is 16.5. The molecule has 172 valence electrons. The van der Waals surface area contributed by atoms with Gasteiger partial charge in [-0.3, -0.25) is 9.59 Å². The predicted octanol–water partition coefficient (Wildman–Crippen LogP) is 4.01. The Balaban J connectivity index is 1.46. The Hall–Kier alpha value is -4.39. The second-order valence-corrected chi connectivity index (χ2v) is 7.72. The van der Waals surface area contributed by atoms with E-state index >= 15 is 0 Å². The van der Waals surface area contributed by atoms with Crippen molar-refractivity contribution < 1.29 is 18.8 Å². The summed E-state index contributed by atoms with van der Waals surface area (Å²) < 4.78 is 10.5. The van der Waals surface area contributed by atoms with E-state index in [1.807, 2.05) is 72.8 Å². The van der Waals surface area contributed by atoms with E-state index in [4.69, 9.17) is 9.26 Å². The number of carbonyl (C=O) groups is 2. The molecule has 0 fully saturated rings. The number of nitrogens with one attached hydrogen (secondary N) is 2. The molecule has 2 N–H and O–H groups in total. The van der Waals surface area contributed by atoms with Gasteiger partial charge in [0.15, 0.2) is 11.5 Å². The fourth-order valence-corrected chi connectivity index (χ4v) is 3.47. The molecule has 0 radical (unpaired) electrons. The number of benzene rings is 3. The zero-order chi connectivity index (χ0) is 23.8. The number of hydrogen-bond acceptors (Lipinski definition) is 5. The summed E-state index contributed by atoms with van der Waals surface area (Å²) >= 11 is 0. The van der Waals surface area contributed by atoms with Crippen LogP contribution in [0.3, 0.4) is 0 Å². The number of ether oxygens (including phenoxy) is 1. The van der Waals surface area contributed by atoms with Gasteiger partial charge in [0.25, 0.3) is 5.91 Å². The Labute approximate surface area is 197 Å². The number of carbonyl (C=O) groups excluding carboxylic acids is 2. The maximum atomic E-state index is 13.0. The summed E-state index contributed by atoms with van der Waals surface area (Å²) in [5.74, 6) is 0.395. The molecule has 0 unspecified atom stereocenters. The molecule has 4 rings (SSSR count). The van der Waals surface area contributed by atoms with Crippen LogP contribution in [0.4, 0.5) is 0 Å². The summed E-state index contributed by atoms with van der Waals surface area (Å²) in [6.45, 7) is 0.367. The van der Waals surface area contributed by atoms with Crippen molar-refractivity contribution in [1.29, 1.82) is 0 Å². The van der Waals surface area contributed by atoms with Crippen LogP contribution >= 0.6 is 0 Å². The topological polar surface area (TPSA) is 93.5 Å². The van der Waals surface area contributed by atoms with Gasteiger partial charge in [-0.2, -0.15) is 0 Å². The Morgan fingerprint density at radius 3 is 2.21 bits per heavy atom. The molecule has 0 aliphatic heterocycles. The molecule has 7 heteroatoms. The lowest BCUT2D eigenvalue weighted by molar-refractivity contribution is -0.123. The predicted molar refractivity (Wildman–Crippen MR) is 128 cm³/mol. The van der Waals surface area contributed by atoms with Crippen molar-refractivity contribution in [3.05, 3.63) is 108 Å². The molecule has 0 spiro atoms. The summed E-state index contributed by atoms with van der Waals surface area (Å²) in [5.41, 5.74) is 2.76. The summed E-state index contributed by atoms with van der Waals surface area (Å²) in [6, 6.07) is 27.1. The first-order valence-electron chi connectivity index (χ1n) is 10.9. The fraction of sp³-hybridized carbons (Fsp3) is 0.148. The monoisotopic (exact) mass is 455 g/mol. The van der Waals surface area contributed by atoms with Crippen molar-refractivity contribution in [2.24, 2.45) is 0 Å². The zero-order valence-electron chi connectivity index (χ0n) is 18.7. The second kappa shape index (κ2) is 11.0. The number of nitrogens with zero attached hydrogens (tertiary/aromatic N) is 1. The molecule has 7 nitrogen and oxygen atoms in total. The van der Waals surface area contributed by atoms with Gasteiger partial charge in [0.1, 0.15) is 11.8 Å². The zero-order valence-corrected chi connectivity index (χ0v) is 18.7. The van der Waals surface area contributed by atoms with Crippen LogP contribution in [0.25, 0.3) is 11.3 Å². The van der Waals surface area contributed by atoms with E-state index in [1.54, 1.807) is 25.3 Å². The van der Waals surface area contributed by atoms with Crippen molar-refractivity contribution in [1.82, 2.24) is 15.8 Å². The molecule has 0 aliphatic carbocycles. The number of hydrogen-bond donors (Lipinski definition) is 2. The first-order valence-corrected chi connectivity index (χ1v) is 10.9. The van der Waals surface area contributed by atoms with E-state index in [0.29, 0.717) is 24.5 Å². The van der Waals surface area contributed by atoms with E-state index < -0.39 is 11.9 Å². The molecule has 2 amide bonds. The minimum Gasteiger partial charge on any atom is -0.497 e. The maximum absolute atomic E-state index is 13.0. The van der Waals surface area contributed by atoms with Crippen LogP contribution in [0.5, 0.6) is 5.75 Å². The lowest BCUT2D eigenvalue weighted by atomic mass is 10.0. The summed E-state index contributed by atoms with van der Waals surface area (Å²) in [5, 5.41) is 9.61. The fourth-order valence-electron chi connectivity index (χ4n) is 3.47. The normalized spacial score (nSPS) is 11.4. The van der Waals surface area contributed by atoms with E-state index in [1.165, 1.54) is 0 Å². The van der Waals surface area contributed by atoms with E-state index in [-0.39, 0.29) is 11.6 Å². The highest BCUT2D eigenvalue weighted by Crippen LogP contribution is 2.23. The van der Waals surface area contributed by atoms with Gasteiger partial charge < -0.3 is 19.9 Å². The highest BCUT2D eigenvalue weighted by molar-refractivity contribution is 5.96. The molecular weight excluding hydrogens is 430 g/mol. The van der Waals surface area contributed by atoms with Crippen molar-refractivity contribution in [2.45, 2.75) is 19.0 Å². The van der Waals surface area contributed by atoms with E-state index in [0.717, 1.165) is 16.7 Å². The first-order chi connectivity index (χ1) is 16.6. The van der Waals surface area contributed by atoms with Gasteiger partial charge in [0, 0.05) is 24.6 Å². The minimum atomic E-state index is -0.778. The average Bonchev–Trinajstić information content (AvgIpc) is 3.39. The first kappa shape index (κ1) is 22.8. The van der Waals surface area contributed by atoms with Gasteiger partial charge in [-0.05, 0) is 35.4 Å². The van der Waals surface area contributed by atoms with Gasteiger partial charge in [-0.25, -0.2) is 0 Å². The Kier molecular flexibility index (Phi) is 7.35. The largest absolute Gasteiger partial charge is 0.497 e. The Morgan fingerprint density at radius 2 is 1.56 bits per heavy atom. The van der Waals surface area contributed by atoms with Gasteiger partial charge in [0.2, 0.25) is 5.91 Å².